The van der Waals surface area contributed by atoms with Gasteiger partial charge in [0, 0.05) is 42.4 Å². The number of aliphatic hydroxyl groups is 3. The van der Waals surface area contributed by atoms with E-state index >= 15 is 0 Å². The van der Waals surface area contributed by atoms with E-state index < -0.39 is 29.5 Å². The predicted octanol–water partition coefficient (Wildman–Crippen LogP) is 4.85. The Bertz CT molecular complexity index is 1560. The Balaban J connectivity index is 1.63. The molecule has 0 bridgehead atoms. The molecule has 0 aromatic heterocycles. The number of rotatable bonds is 7. The average Bonchev–Trinajstić information content (AvgIpc) is 3.03. The Morgan fingerprint density at radius 1 is 0.933 bits per heavy atom. The first kappa shape index (κ1) is 32.4. The Morgan fingerprint density at radius 3 is 2.40 bits per heavy atom. The van der Waals surface area contributed by atoms with Crippen LogP contribution in [0, 0.1) is 23.7 Å². The van der Waals surface area contributed by atoms with Gasteiger partial charge in [-0.3, -0.25) is 4.79 Å². The zero-order valence-corrected chi connectivity index (χ0v) is 25.5. The number of phenols is 3. The first-order valence-electron chi connectivity index (χ1n) is 15.6. The smallest absolute Gasteiger partial charge is 0.160 e. The molecule has 1 saturated carbocycles. The van der Waals surface area contributed by atoms with Crippen molar-refractivity contribution >= 4 is 5.78 Å². The number of methoxy groups -OCH3 is 1. The van der Waals surface area contributed by atoms with E-state index in [4.69, 9.17) is 4.74 Å². The third-order valence-electron chi connectivity index (χ3n) is 9.84. The van der Waals surface area contributed by atoms with Crippen LogP contribution in [0.5, 0.6) is 23.0 Å². The van der Waals surface area contributed by atoms with E-state index in [9.17, 15) is 35.4 Å². The van der Waals surface area contributed by atoms with E-state index in [2.05, 4.69) is 11.8 Å². The van der Waals surface area contributed by atoms with Crippen molar-refractivity contribution in [1.82, 2.24) is 0 Å². The van der Waals surface area contributed by atoms with E-state index in [1.165, 1.54) is 25.3 Å². The minimum Gasteiger partial charge on any atom is -0.504 e. The number of carbonyl (C=O) groups excluding carboxylic acids is 1. The molecule has 0 aliphatic heterocycles. The van der Waals surface area contributed by atoms with Gasteiger partial charge in [-0.15, -0.1) is 5.92 Å². The van der Waals surface area contributed by atoms with E-state index in [1.807, 2.05) is 30.3 Å². The number of ether oxygens (including phenoxy) is 1. The van der Waals surface area contributed by atoms with Crippen LogP contribution in [0.1, 0.15) is 73.1 Å². The molecule has 238 valence electrons. The topological polar surface area (TPSA) is 148 Å². The molecule has 0 heterocycles. The van der Waals surface area contributed by atoms with Gasteiger partial charge in [-0.05, 0) is 65.8 Å². The average molecular weight is 615 g/mol. The first-order valence-corrected chi connectivity index (χ1v) is 15.6. The van der Waals surface area contributed by atoms with E-state index in [-0.39, 0.29) is 60.6 Å². The molecule has 0 saturated heterocycles. The lowest BCUT2D eigenvalue weighted by Crippen LogP contribution is -2.52. The number of phenolic OH excluding ortho intramolecular Hbond substituents is 3. The van der Waals surface area contributed by atoms with Crippen LogP contribution in [-0.2, 0) is 23.2 Å². The van der Waals surface area contributed by atoms with Crippen LogP contribution in [0.3, 0.4) is 0 Å². The van der Waals surface area contributed by atoms with E-state index in [0.717, 1.165) is 18.4 Å². The van der Waals surface area contributed by atoms with Crippen LogP contribution in [-0.4, -0.2) is 55.7 Å². The van der Waals surface area contributed by atoms with Crippen LogP contribution < -0.4 is 4.74 Å². The molecule has 0 unspecified atom stereocenters. The molecule has 0 spiro atoms. The first-order chi connectivity index (χ1) is 21.7. The van der Waals surface area contributed by atoms with Gasteiger partial charge >= 0.3 is 0 Å². The highest BCUT2D eigenvalue weighted by Gasteiger charge is 2.50. The Morgan fingerprint density at radius 2 is 1.71 bits per heavy atom. The monoisotopic (exact) mass is 614 g/mol. The summed E-state index contributed by atoms with van der Waals surface area (Å²) >= 11 is 0. The summed E-state index contributed by atoms with van der Waals surface area (Å²) in [7, 11) is 1.44. The minimum absolute atomic E-state index is 0.0342. The van der Waals surface area contributed by atoms with Gasteiger partial charge in [0.15, 0.2) is 23.0 Å². The number of aliphatic hydroxyl groups excluding tert-OH is 3. The second-order valence-electron chi connectivity index (χ2n) is 12.4. The number of Topliss-reactive ketones (excluding diaryl/α,β-unsaturated/α-hetero) is 1. The number of ketones is 1. The quantitative estimate of drug-likeness (QED) is 0.164. The summed E-state index contributed by atoms with van der Waals surface area (Å²) < 4.78 is 5.38. The second-order valence-corrected chi connectivity index (χ2v) is 12.4. The summed E-state index contributed by atoms with van der Waals surface area (Å²) in [6.07, 6.45) is 1.22. The predicted molar refractivity (Wildman–Crippen MR) is 169 cm³/mol. The molecule has 45 heavy (non-hydrogen) atoms. The third kappa shape index (κ3) is 6.67. The molecule has 8 heteroatoms. The Labute approximate surface area is 264 Å². The molecular weight excluding hydrogens is 572 g/mol. The number of aromatic hydroxyl groups is 3. The lowest BCUT2D eigenvalue weighted by atomic mass is 9.57. The van der Waals surface area contributed by atoms with Crippen molar-refractivity contribution < 1.29 is 40.2 Å². The van der Waals surface area contributed by atoms with Crippen LogP contribution in [0.4, 0.5) is 0 Å². The maximum atomic E-state index is 13.9. The van der Waals surface area contributed by atoms with Gasteiger partial charge in [-0.2, -0.15) is 0 Å². The number of benzene rings is 3. The SMILES string of the molecule is COc1cc([C@H]2CC(=O)C[C@H](O)[C@H]([C@@]3(c4ccc(O)c(O)c4)CCCC[C@H]3O)CC#C[C@H]2Cc2ccccc2)c(CO)cc1O. The van der Waals surface area contributed by atoms with Gasteiger partial charge in [0.25, 0.3) is 0 Å². The molecule has 8 nitrogen and oxygen atoms in total. The van der Waals surface area contributed by atoms with Crippen LogP contribution in [0.15, 0.2) is 60.7 Å². The van der Waals surface area contributed by atoms with Crippen molar-refractivity contribution in [1.29, 1.82) is 0 Å². The van der Waals surface area contributed by atoms with Gasteiger partial charge in [0.05, 0.1) is 25.9 Å². The molecule has 6 atom stereocenters. The summed E-state index contributed by atoms with van der Waals surface area (Å²) in [6.45, 7) is -0.354. The highest BCUT2D eigenvalue weighted by molar-refractivity contribution is 5.80. The number of carbonyl (C=O) groups is 1. The largest absolute Gasteiger partial charge is 0.504 e. The van der Waals surface area contributed by atoms with E-state index in [1.54, 1.807) is 12.1 Å². The second kappa shape index (κ2) is 13.9. The lowest BCUT2D eigenvalue weighted by Gasteiger charge is -2.49. The summed E-state index contributed by atoms with van der Waals surface area (Å²) in [5.41, 5.74) is 1.76. The van der Waals surface area contributed by atoms with Crippen LogP contribution in [0.2, 0.25) is 0 Å². The van der Waals surface area contributed by atoms with Gasteiger partial charge < -0.3 is 35.4 Å². The van der Waals surface area contributed by atoms with Crippen molar-refractivity contribution in [3.63, 3.8) is 0 Å². The normalized spacial score (nSPS) is 27.3. The van der Waals surface area contributed by atoms with Crippen LogP contribution >= 0.6 is 0 Å². The molecule has 3 aromatic rings. The summed E-state index contributed by atoms with van der Waals surface area (Å²) in [5, 5.41) is 64.5. The van der Waals surface area contributed by atoms with Gasteiger partial charge in [-0.25, -0.2) is 0 Å². The zero-order chi connectivity index (χ0) is 32.1. The van der Waals surface area contributed by atoms with Crippen molar-refractivity contribution in [2.45, 2.75) is 81.5 Å². The fraction of sp³-hybridized carbons (Fsp3) is 0.432. The molecule has 0 amide bonds. The minimum atomic E-state index is -1.13. The maximum absolute atomic E-state index is 13.9. The number of hydrogen-bond donors (Lipinski definition) is 6. The van der Waals surface area contributed by atoms with Crippen molar-refractivity contribution in [2.75, 3.05) is 7.11 Å². The summed E-state index contributed by atoms with van der Waals surface area (Å²) in [5.74, 6) is 4.67. The highest BCUT2D eigenvalue weighted by atomic mass is 16.5. The molecule has 6 N–H and O–H groups in total. The molecule has 3 aromatic carbocycles. The highest BCUT2D eigenvalue weighted by Crippen LogP contribution is 2.50. The molecule has 5 rings (SSSR count). The van der Waals surface area contributed by atoms with E-state index in [0.29, 0.717) is 36.0 Å². The molecule has 2 aliphatic rings. The van der Waals surface area contributed by atoms with Crippen molar-refractivity contribution in [2.24, 2.45) is 11.8 Å². The van der Waals surface area contributed by atoms with Crippen molar-refractivity contribution in [3.05, 3.63) is 82.9 Å². The van der Waals surface area contributed by atoms with Crippen LogP contribution in [0.25, 0.3) is 0 Å². The van der Waals surface area contributed by atoms with Gasteiger partial charge in [0.1, 0.15) is 5.78 Å². The summed E-state index contributed by atoms with van der Waals surface area (Å²) in [4.78, 5) is 13.9. The maximum Gasteiger partial charge on any atom is 0.160 e. The third-order valence-corrected chi connectivity index (χ3v) is 9.84. The van der Waals surface area contributed by atoms with Gasteiger partial charge in [-0.1, -0.05) is 55.2 Å². The molecule has 0 radical (unpaired) electrons. The summed E-state index contributed by atoms with van der Waals surface area (Å²) in [6, 6.07) is 17.5. The molecule has 2 aliphatic carbocycles. The molecule has 1 fully saturated rings. The Kier molecular flexibility index (Phi) is 10.0. The number of hydrogen-bond acceptors (Lipinski definition) is 8. The van der Waals surface area contributed by atoms with Gasteiger partial charge in [0.2, 0.25) is 0 Å². The van der Waals surface area contributed by atoms with Crippen molar-refractivity contribution in [3.8, 4) is 34.8 Å². The molecular formula is C37H42O8. The lowest BCUT2D eigenvalue weighted by molar-refractivity contribution is -0.124. The fourth-order valence-corrected chi connectivity index (χ4v) is 7.55. The Hall–Kier alpha value is -4.03. The fourth-order valence-electron chi connectivity index (χ4n) is 7.55. The standard InChI is InChI=1S/C37H42O8/c1-45-35-21-29(25(22-38)17-34(35)43)28-19-27(39)20-32(41)30(11-7-10-24(28)16-23-8-3-2-4-9-23)37(15-6-5-12-36(37)44)26-13-14-31(40)33(42)18-26/h2-4,8-9,13-14,17-18,21,24,28,30,32,36,38,40-44H,5-6,11-12,15-16,19-20,22H2,1H3/t24-,28-,30+,32-,36+,37-/m0/s1. The zero-order valence-electron chi connectivity index (χ0n) is 25.5.